The predicted octanol–water partition coefficient (Wildman–Crippen LogP) is 5.19. The van der Waals surface area contributed by atoms with E-state index in [4.69, 9.17) is 16.3 Å². The van der Waals surface area contributed by atoms with Gasteiger partial charge in [0.1, 0.15) is 10.9 Å². The highest BCUT2D eigenvalue weighted by atomic mass is 127. The van der Waals surface area contributed by atoms with Gasteiger partial charge in [-0.05, 0) is 40.8 Å². The van der Waals surface area contributed by atoms with Gasteiger partial charge in [-0.25, -0.2) is 4.98 Å². The summed E-state index contributed by atoms with van der Waals surface area (Å²) in [6, 6.07) is 19.0. The molecule has 0 saturated carbocycles. The molecule has 0 N–H and O–H groups in total. The Kier molecular flexibility index (Phi) is 4.36. The van der Waals surface area contributed by atoms with Gasteiger partial charge >= 0.3 is 0 Å². The van der Waals surface area contributed by atoms with E-state index in [1.54, 1.807) is 6.07 Å². The Balaban J connectivity index is 1.95. The third kappa shape index (κ3) is 3.71. The topological polar surface area (TPSA) is 35.0 Å². The van der Waals surface area contributed by atoms with Crippen LogP contribution in [-0.4, -0.2) is 9.97 Å². The molecule has 0 aliphatic heterocycles. The molecule has 0 radical (unpaired) electrons. The summed E-state index contributed by atoms with van der Waals surface area (Å²) >= 11 is 8.30. The van der Waals surface area contributed by atoms with Crippen molar-refractivity contribution in [3.05, 3.63) is 69.4 Å². The molecule has 0 atom stereocenters. The molecule has 3 rings (SSSR count). The first-order valence-corrected chi connectivity index (χ1v) is 7.70. The fourth-order valence-corrected chi connectivity index (χ4v) is 2.50. The summed E-state index contributed by atoms with van der Waals surface area (Å²) < 4.78 is 6.85. The molecule has 5 heteroatoms. The van der Waals surface area contributed by atoms with Crippen LogP contribution in [0.4, 0.5) is 0 Å². The van der Waals surface area contributed by atoms with Crippen LogP contribution < -0.4 is 4.74 Å². The van der Waals surface area contributed by atoms with Crippen molar-refractivity contribution in [2.75, 3.05) is 0 Å². The van der Waals surface area contributed by atoms with Crippen molar-refractivity contribution >= 4 is 34.2 Å². The Morgan fingerprint density at radius 2 is 1.71 bits per heavy atom. The second-order valence-corrected chi connectivity index (χ2v) is 5.91. The second kappa shape index (κ2) is 6.41. The Hall–Kier alpha value is -1.66. The van der Waals surface area contributed by atoms with Crippen LogP contribution in [0, 0.1) is 3.57 Å². The van der Waals surface area contributed by atoms with Gasteiger partial charge in [0.25, 0.3) is 0 Å². The van der Waals surface area contributed by atoms with E-state index in [-0.39, 0.29) is 0 Å². The van der Waals surface area contributed by atoms with Crippen molar-refractivity contribution in [1.29, 1.82) is 0 Å². The van der Waals surface area contributed by atoms with Crippen molar-refractivity contribution in [1.82, 2.24) is 9.97 Å². The van der Waals surface area contributed by atoms with Gasteiger partial charge in [0, 0.05) is 15.2 Å². The molecule has 0 spiro atoms. The van der Waals surface area contributed by atoms with Crippen molar-refractivity contribution in [3.63, 3.8) is 0 Å². The maximum Gasteiger partial charge on any atom is 0.224 e. The zero-order chi connectivity index (χ0) is 14.7. The largest absolute Gasteiger partial charge is 0.439 e. The maximum atomic E-state index is 6.06. The molecule has 21 heavy (non-hydrogen) atoms. The Morgan fingerprint density at radius 3 is 2.48 bits per heavy atom. The summed E-state index contributed by atoms with van der Waals surface area (Å²) in [6.07, 6.45) is 0. The monoisotopic (exact) mass is 408 g/mol. The quantitative estimate of drug-likeness (QED) is 0.442. The minimum atomic E-state index is 0.351. The van der Waals surface area contributed by atoms with Gasteiger partial charge in [-0.3, -0.25) is 0 Å². The van der Waals surface area contributed by atoms with Gasteiger partial charge in [0.05, 0.1) is 0 Å². The van der Waals surface area contributed by atoms with Gasteiger partial charge in [-0.1, -0.05) is 48.0 Å². The number of aromatic nitrogens is 2. The van der Waals surface area contributed by atoms with Gasteiger partial charge < -0.3 is 4.74 Å². The predicted molar refractivity (Wildman–Crippen MR) is 91.7 cm³/mol. The van der Waals surface area contributed by atoms with E-state index in [0.717, 1.165) is 14.9 Å². The van der Waals surface area contributed by atoms with Gasteiger partial charge in [-0.2, -0.15) is 4.98 Å². The molecule has 0 fully saturated rings. The lowest BCUT2D eigenvalue weighted by atomic mass is 10.2. The summed E-state index contributed by atoms with van der Waals surface area (Å²) in [6.45, 7) is 0. The zero-order valence-corrected chi connectivity index (χ0v) is 13.7. The third-order valence-electron chi connectivity index (χ3n) is 2.72. The average molecular weight is 409 g/mol. The summed E-state index contributed by atoms with van der Waals surface area (Å²) in [4.78, 5) is 8.64. The van der Waals surface area contributed by atoms with Crippen LogP contribution in [0.25, 0.3) is 11.4 Å². The molecule has 0 unspecified atom stereocenters. The van der Waals surface area contributed by atoms with Crippen molar-refractivity contribution in [2.24, 2.45) is 0 Å². The first-order valence-electron chi connectivity index (χ1n) is 6.24. The normalized spacial score (nSPS) is 10.4. The van der Waals surface area contributed by atoms with Crippen LogP contribution >= 0.6 is 34.2 Å². The lowest BCUT2D eigenvalue weighted by molar-refractivity contribution is 0.462. The standard InChI is InChI=1S/C16H10ClIN2O/c17-14-10-15(21-13-8-4-7-12(18)9-13)20-16(19-14)11-5-2-1-3-6-11/h1-10H. The van der Waals surface area contributed by atoms with E-state index in [2.05, 4.69) is 32.6 Å². The number of hydrogen-bond donors (Lipinski definition) is 0. The molecule has 104 valence electrons. The van der Waals surface area contributed by atoms with Crippen LogP contribution in [0.2, 0.25) is 5.15 Å². The number of halogens is 2. The molecule has 2 aromatic carbocycles. The molecular formula is C16H10ClIN2O. The van der Waals surface area contributed by atoms with Crippen molar-refractivity contribution in [3.8, 4) is 23.0 Å². The van der Waals surface area contributed by atoms with E-state index < -0.39 is 0 Å². The van der Waals surface area contributed by atoms with Gasteiger partial charge in [0.2, 0.25) is 5.88 Å². The van der Waals surface area contributed by atoms with E-state index in [0.29, 0.717) is 16.9 Å². The third-order valence-corrected chi connectivity index (χ3v) is 3.59. The number of hydrogen-bond acceptors (Lipinski definition) is 3. The smallest absolute Gasteiger partial charge is 0.224 e. The Labute approximate surface area is 141 Å². The lowest BCUT2D eigenvalue weighted by Gasteiger charge is -2.07. The van der Waals surface area contributed by atoms with Crippen LogP contribution in [-0.2, 0) is 0 Å². The highest BCUT2D eigenvalue weighted by Gasteiger charge is 2.07. The van der Waals surface area contributed by atoms with Crippen LogP contribution in [0.15, 0.2) is 60.7 Å². The van der Waals surface area contributed by atoms with Gasteiger partial charge in [-0.15, -0.1) is 0 Å². The summed E-state index contributed by atoms with van der Waals surface area (Å²) in [5.41, 5.74) is 0.896. The molecule has 0 saturated heterocycles. The van der Waals surface area contributed by atoms with E-state index in [9.17, 15) is 0 Å². The van der Waals surface area contributed by atoms with Crippen LogP contribution in [0.3, 0.4) is 0 Å². The average Bonchev–Trinajstić information content (AvgIpc) is 2.47. The van der Waals surface area contributed by atoms with E-state index >= 15 is 0 Å². The van der Waals surface area contributed by atoms with E-state index in [1.165, 1.54) is 0 Å². The SMILES string of the molecule is Clc1cc(Oc2cccc(I)c2)nc(-c2ccccc2)n1. The Morgan fingerprint density at radius 1 is 0.905 bits per heavy atom. The highest BCUT2D eigenvalue weighted by Crippen LogP contribution is 2.26. The van der Waals surface area contributed by atoms with Gasteiger partial charge in [0.15, 0.2) is 5.82 Å². The molecule has 1 heterocycles. The summed E-state index contributed by atoms with van der Waals surface area (Å²) in [7, 11) is 0. The van der Waals surface area contributed by atoms with Crippen molar-refractivity contribution < 1.29 is 4.74 Å². The van der Waals surface area contributed by atoms with Crippen LogP contribution in [0.5, 0.6) is 11.6 Å². The molecule has 0 aliphatic rings. The minimum Gasteiger partial charge on any atom is -0.439 e. The van der Waals surface area contributed by atoms with E-state index in [1.807, 2.05) is 54.6 Å². The molecule has 0 amide bonds. The molecule has 1 aromatic heterocycles. The highest BCUT2D eigenvalue weighted by molar-refractivity contribution is 14.1. The minimum absolute atomic E-state index is 0.351. The lowest BCUT2D eigenvalue weighted by Crippen LogP contribution is -1.94. The molecule has 0 aliphatic carbocycles. The fourth-order valence-electron chi connectivity index (χ4n) is 1.82. The molecule has 3 nitrogen and oxygen atoms in total. The number of ether oxygens (including phenoxy) is 1. The number of nitrogens with zero attached hydrogens (tertiary/aromatic N) is 2. The maximum absolute atomic E-state index is 6.06. The summed E-state index contributed by atoms with van der Waals surface area (Å²) in [5.74, 6) is 1.69. The van der Waals surface area contributed by atoms with Crippen molar-refractivity contribution in [2.45, 2.75) is 0 Å². The van der Waals surface area contributed by atoms with Crippen LogP contribution in [0.1, 0.15) is 0 Å². The first-order chi connectivity index (χ1) is 10.2. The molecular weight excluding hydrogens is 399 g/mol. The zero-order valence-electron chi connectivity index (χ0n) is 10.8. The molecule has 0 bridgehead atoms. The number of rotatable bonds is 3. The fraction of sp³-hybridized carbons (Fsp3) is 0. The number of benzene rings is 2. The molecule has 3 aromatic rings. The first kappa shape index (κ1) is 14.3. The second-order valence-electron chi connectivity index (χ2n) is 4.28. The Bertz CT molecular complexity index is 765. The summed E-state index contributed by atoms with van der Waals surface area (Å²) in [5, 5.41) is 0.351.